The lowest BCUT2D eigenvalue weighted by molar-refractivity contribution is 0.262. The van der Waals surface area contributed by atoms with E-state index in [0.717, 1.165) is 5.56 Å². The highest BCUT2D eigenvalue weighted by molar-refractivity contribution is 7.98. The number of methoxy groups -OCH3 is 1. The van der Waals surface area contributed by atoms with Crippen molar-refractivity contribution < 1.29 is 9.53 Å². The minimum Gasteiger partial charge on any atom is -0.497 e. The zero-order chi connectivity index (χ0) is 26.2. The number of amides is 2. The van der Waals surface area contributed by atoms with Gasteiger partial charge in [0.2, 0.25) is 0 Å². The molecule has 3 N–H and O–H groups in total. The van der Waals surface area contributed by atoms with Gasteiger partial charge in [-0.25, -0.2) is 14.6 Å². The van der Waals surface area contributed by atoms with Gasteiger partial charge in [0.05, 0.1) is 31.0 Å². The van der Waals surface area contributed by atoms with Crippen LogP contribution in [0.1, 0.15) is 11.1 Å². The Morgan fingerprint density at radius 2 is 1.86 bits per heavy atom. The summed E-state index contributed by atoms with van der Waals surface area (Å²) in [4.78, 5) is 35.4. The van der Waals surface area contributed by atoms with E-state index in [0.29, 0.717) is 44.9 Å². The second kappa shape index (κ2) is 11.6. The molecular weight excluding hydrogens is 488 g/mol. The van der Waals surface area contributed by atoms with Crippen LogP contribution in [0.3, 0.4) is 0 Å². The van der Waals surface area contributed by atoms with Gasteiger partial charge in [-0.3, -0.25) is 4.79 Å². The molecule has 2 amide bonds. The second-order valence-electron chi connectivity index (χ2n) is 7.67. The van der Waals surface area contributed by atoms with Crippen molar-refractivity contribution in [1.29, 1.82) is 5.26 Å². The van der Waals surface area contributed by atoms with Gasteiger partial charge in [0.25, 0.3) is 11.2 Å². The van der Waals surface area contributed by atoms with Crippen LogP contribution in [0.25, 0.3) is 16.1 Å². The number of benzene rings is 3. The van der Waals surface area contributed by atoms with E-state index in [-0.39, 0.29) is 5.69 Å². The van der Waals surface area contributed by atoms with Crippen LogP contribution >= 0.6 is 11.8 Å². The molecule has 9 nitrogen and oxygen atoms in total. The zero-order valence-electron chi connectivity index (χ0n) is 19.6. The standard InChI is InChI=1S/C27H20N6O3S/c1-29-24-23(19-6-4-8-22(14-19)36-2)32-27(33-25(24)34)37-16-17-9-11-20(12-10-17)30-26(35)31-21-7-3-5-18(13-21)15-28/h3-14H,16H2,2H3,(H2,30,31,35)(H,32,33,34). The topological polar surface area (TPSA) is 124 Å². The fourth-order valence-corrected chi connectivity index (χ4v) is 4.20. The van der Waals surface area contributed by atoms with Crippen LogP contribution in [0.2, 0.25) is 0 Å². The Bertz CT molecular complexity index is 1590. The zero-order valence-corrected chi connectivity index (χ0v) is 20.4. The summed E-state index contributed by atoms with van der Waals surface area (Å²) < 4.78 is 5.25. The van der Waals surface area contributed by atoms with Crippen LogP contribution in [-0.4, -0.2) is 23.1 Å². The molecule has 37 heavy (non-hydrogen) atoms. The van der Waals surface area contributed by atoms with Crippen molar-refractivity contribution in [3.63, 3.8) is 0 Å². The number of hydrogen-bond acceptors (Lipinski definition) is 6. The summed E-state index contributed by atoms with van der Waals surface area (Å²) in [5.41, 5.74) is 2.84. The predicted molar refractivity (Wildman–Crippen MR) is 143 cm³/mol. The summed E-state index contributed by atoms with van der Waals surface area (Å²) in [5, 5.41) is 14.8. The lowest BCUT2D eigenvalue weighted by Gasteiger charge is -2.09. The Morgan fingerprint density at radius 1 is 1.11 bits per heavy atom. The van der Waals surface area contributed by atoms with Crippen LogP contribution < -0.4 is 20.9 Å². The number of rotatable bonds is 7. The molecule has 0 fully saturated rings. The second-order valence-corrected chi connectivity index (χ2v) is 8.63. The lowest BCUT2D eigenvalue weighted by atomic mass is 10.1. The van der Waals surface area contributed by atoms with Crippen LogP contribution in [-0.2, 0) is 5.75 Å². The van der Waals surface area contributed by atoms with Gasteiger partial charge < -0.3 is 20.4 Å². The van der Waals surface area contributed by atoms with E-state index in [9.17, 15) is 9.59 Å². The number of urea groups is 1. The van der Waals surface area contributed by atoms with Crippen LogP contribution in [0.5, 0.6) is 5.75 Å². The highest BCUT2D eigenvalue weighted by Gasteiger charge is 2.15. The smallest absolute Gasteiger partial charge is 0.323 e. The first kappa shape index (κ1) is 25.0. The van der Waals surface area contributed by atoms with E-state index < -0.39 is 11.6 Å². The molecule has 10 heteroatoms. The van der Waals surface area contributed by atoms with Gasteiger partial charge in [-0.05, 0) is 53.6 Å². The third-order valence-corrected chi connectivity index (χ3v) is 6.11. The maximum absolute atomic E-state index is 12.5. The summed E-state index contributed by atoms with van der Waals surface area (Å²) in [6.07, 6.45) is 0. The van der Waals surface area contributed by atoms with Crippen LogP contribution in [0.4, 0.5) is 21.9 Å². The van der Waals surface area contributed by atoms with Crippen LogP contribution in [0.15, 0.2) is 82.7 Å². The summed E-state index contributed by atoms with van der Waals surface area (Å²) in [6, 6.07) is 22.5. The monoisotopic (exact) mass is 508 g/mol. The molecule has 1 heterocycles. The minimum absolute atomic E-state index is 0.0781. The number of carbonyl (C=O) groups excluding carboxylic acids is 1. The molecule has 0 radical (unpaired) electrons. The molecule has 0 saturated carbocycles. The van der Waals surface area contributed by atoms with Crippen molar-refractivity contribution in [2.45, 2.75) is 10.9 Å². The van der Waals surface area contributed by atoms with Crippen molar-refractivity contribution in [1.82, 2.24) is 9.97 Å². The molecule has 4 rings (SSSR count). The molecule has 0 atom stereocenters. The first-order chi connectivity index (χ1) is 18.0. The number of aromatic amines is 1. The van der Waals surface area contributed by atoms with Crippen molar-refractivity contribution in [3.8, 4) is 23.1 Å². The van der Waals surface area contributed by atoms with E-state index in [1.54, 1.807) is 67.8 Å². The molecule has 4 aromatic rings. The minimum atomic E-state index is -0.504. The highest BCUT2D eigenvalue weighted by atomic mass is 32.2. The number of nitrogens with zero attached hydrogens (tertiary/aromatic N) is 3. The Labute approximate surface area is 217 Å². The molecule has 1 aromatic heterocycles. The fourth-order valence-electron chi connectivity index (χ4n) is 3.39. The molecule has 182 valence electrons. The van der Waals surface area contributed by atoms with Crippen molar-refractivity contribution in [2.75, 3.05) is 17.7 Å². The molecule has 0 aliphatic heterocycles. The molecule has 3 aromatic carbocycles. The van der Waals surface area contributed by atoms with E-state index in [4.69, 9.17) is 16.6 Å². The molecule has 0 aliphatic carbocycles. The third kappa shape index (κ3) is 6.34. The number of H-pyrrole nitrogens is 1. The van der Waals surface area contributed by atoms with Crippen molar-refractivity contribution >= 4 is 34.9 Å². The summed E-state index contributed by atoms with van der Waals surface area (Å²) in [5.74, 6) is 1.11. The largest absolute Gasteiger partial charge is 0.497 e. The Hall–Kier alpha value is -5.06. The number of nitrogens with one attached hydrogen (secondary N) is 3. The van der Waals surface area contributed by atoms with Gasteiger partial charge in [0.1, 0.15) is 5.75 Å². The van der Waals surface area contributed by atoms with Crippen molar-refractivity contribution in [3.05, 3.63) is 106 Å². The van der Waals surface area contributed by atoms with Gasteiger partial charge in [-0.1, -0.05) is 42.1 Å². The van der Waals surface area contributed by atoms with E-state index in [1.165, 1.54) is 11.8 Å². The average molecular weight is 509 g/mol. The first-order valence-corrected chi connectivity index (χ1v) is 11.9. The Balaban J connectivity index is 1.42. The average Bonchev–Trinajstić information content (AvgIpc) is 2.92. The third-order valence-electron chi connectivity index (χ3n) is 5.17. The molecule has 0 saturated heterocycles. The SMILES string of the molecule is [C-]#[N+]c1c(-c2cccc(OC)c2)nc(SCc2ccc(NC(=O)Nc3cccc(C#N)c3)cc2)[nH]c1=O. The lowest BCUT2D eigenvalue weighted by Crippen LogP contribution is -2.19. The van der Waals surface area contributed by atoms with E-state index in [1.807, 2.05) is 18.2 Å². The van der Waals surface area contributed by atoms with Gasteiger partial charge in [0, 0.05) is 17.1 Å². The first-order valence-electron chi connectivity index (χ1n) is 10.9. The highest BCUT2D eigenvalue weighted by Crippen LogP contribution is 2.30. The fraction of sp³-hybridized carbons (Fsp3) is 0.0741. The van der Waals surface area contributed by atoms with E-state index >= 15 is 0 Å². The number of ether oxygens (including phenoxy) is 1. The number of anilines is 2. The molecular formula is C27H20N6O3S. The molecule has 0 spiro atoms. The number of thioether (sulfide) groups is 1. The van der Waals surface area contributed by atoms with E-state index in [2.05, 4.69) is 25.4 Å². The Morgan fingerprint density at radius 3 is 2.59 bits per heavy atom. The maximum atomic E-state index is 12.5. The molecule has 0 bridgehead atoms. The normalized spacial score (nSPS) is 10.1. The van der Waals surface area contributed by atoms with Crippen molar-refractivity contribution in [2.24, 2.45) is 0 Å². The molecule has 0 unspecified atom stereocenters. The van der Waals surface area contributed by atoms with Crippen LogP contribution in [0, 0.1) is 17.9 Å². The molecule has 0 aliphatic rings. The van der Waals surface area contributed by atoms with Gasteiger partial charge in [-0.15, -0.1) is 0 Å². The maximum Gasteiger partial charge on any atom is 0.323 e. The summed E-state index contributed by atoms with van der Waals surface area (Å²) in [7, 11) is 1.54. The summed E-state index contributed by atoms with van der Waals surface area (Å²) >= 11 is 1.32. The van der Waals surface area contributed by atoms with Gasteiger partial charge >= 0.3 is 6.03 Å². The number of carbonyl (C=O) groups is 1. The quantitative estimate of drug-likeness (QED) is 0.165. The summed E-state index contributed by atoms with van der Waals surface area (Å²) in [6.45, 7) is 7.41. The van der Waals surface area contributed by atoms with Gasteiger partial charge in [0.15, 0.2) is 5.16 Å². The number of hydrogen-bond donors (Lipinski definition) is 3. The Kier molecular flexibility index (Phi) is 7.84. The number of aromatic nitrogens is 2. The predicted octanol–water partition coefficient (Wildman–Crippen LogP) is 5.80. The van der Waals surface area contributed by atoms with Gasteiger partial charge in [-0.2, -0.15) is 5.26 Å². The number of nitriles is 1.